The standard InChI is InChI=1S/C15H25NO3SSi/c1-15(2,3)21(4,5)18-12-8-10-14(17)19-20-13-9-6-7-11-16-13/h6-7,9,11H,8,10,12H2,1-5H3. The van der Waals surface area contributed by atoms with Crippen LogP contribution in [0.15, 0.2) is 29.4 Å². The first-order valence-electron chi connectivity index (χ1n) is 7.15. The van der Waals surface area contributed by atoms with Gasteiger partial charge in [0.2, 0.25) is 0 Å². The van der Waals surface area contributed by atoms with Crippen LogP contribution in [0.4, 0.5) is 0 Å². The quantitative estimate of drug-likeness (QED) is 0.421. The van der Waals surface area contributed by atoms with Gasteiger partial charge in [0.05, 0.1) is 0 Å². The van der Waals surface area contributed by atoms with E-state index in [1.165, 1.54) is 0 Å². The molecule has 21 heavy (non-hydrogen) atoms. The molecule has 0 saturated carbocycles. The van der Waals surface area contributed by atoms with Crippen molar-refractivity contribution in [2.24, 2.45) is 0 Å². The van der Waals surface area contributed by atoms with Crippen molar-refractivity contribution in [2.75, 3.05) is 6.61 Å². The fraction of sp³-hybridized carbons (Fsp3) is 0.600. The zero-order valence-electron chi connectivity index (χ0n) is 13.5. The van der Waals surface area contributed by atoms with Crippen LogP contribution in [0.3, 0.4) is 0 Å². The molecule has 0 unspecified atom stereocenters. The minimum Gasteiger partial charge on any atom is -0.417 e. The third-order valence-corrected chi connectivity index (χ3v) is 8.87. The summed E-state index contributed by atoms with van der Waals surface area (Å²) in [6, 6.07) is 5.48. The third kappa shape index (κ3) is 6.63. The highest BCUT2D eigenvalue weighted by atomic mass is 32.2. The summed E-state index contributed by atoms with van der Waals surface area (Å²) in [5.41, 5.74) is 0. The lowest BCUT2D eigenvalue weighted by Gasteiger charge is -2.36. The van der Waals surface area contributed by atoms with Crippen LogP contribution in [-0.2, 0) is 13.4 Å². The lowest BCUT2D eigenvalue weighted by molar-refractivity contribution is -0.133. The van der Waals surface area contributed by atoms with Crippen LogP contribution >= 0.6 is 12.0 Å². The molecular formula is C15H25NO3SSi. The summed E-state index contributed by atoms with van der Waals surface area (Å²) >= 11 is 1.00. The molecule has 0 amide bonds. The highest BCUT2D eigenvalue weighted by Crippen LogP contribution is 2.36. The zero-order valence-corrected chi connectivity index (χ0v) is 15.3. The number of carbonyl (C=O) groups is 1. The van der Waals surface area contributed by atoms with Crippen LogP contribution in [0.2, 0.25) is 18.1 Å². The summed E-state index contributed by atoms with van der Waals surface area (Å²) in [5, 5.41) is 0.880. The van der Waals surface area contributed by atoms with Crippen LogP contribution in [0, 0.1) is 0 Å². The molecule has 6 heteroatoms. The minimum absolute atomic E-state index is 0.197. The number of rotatable bonds is 7. The van der Waals surface area contributed by atoms with Crippen LogP contribution < -0.4 is 0 Å². The molecule has 118 valence electrons. The van der Waals surface area contributed by atoms with Gasteiger partial charge >= 0.3 is 5.97 Å². The van der Waals surface area contributed by atoms with E-state index in [0.29, 0.717) is 24.5 Å². The van der Waals surface area contributed by atoms with Crippen molar-refractivity contribution in [2.45, 2.75) is 56.8 Å². The van der Waals surface area contributed by atoms with Gasteiger partial charge in [0.1, 0.15) is 17.1 Å². The highest BCUT2D eigenvalue weighted by molar-refractivity contribution is 7.95. The summed E-state index contributed by atoms with van der Waals surface area (Å²) in [6.07, 6.45) is 2.73. The van der Waals surface area contributed by atoms with Crippen LogP contribution in [0.1, 0.15) is 33.6 Å². The Kier molecular flexibility index (Phi) is 6.90. The largest absolute Gasteiger partial charge is 0.417 e. The second-order valence-electron chi connectivity index (χ2n) is 6.42. The Morgan fingerprint density at radius 2 is 2.05 bits per heavy atom. The number of pyridine rings is 1. The Morgan fingerprint density at radius 3 is 2.62 bits per heavy atom. The highest BCUT2D eigenvalue weighted by Gasteiger charge is 2.36. The van der Waals surface area contributed by atoms with E-state index >= 15 is 0 Å². The molecule has 0 aromatic carbocycles. The molecule has 0 aliphatic rings. The first kappa shape index (κ1) is 18.2. The molecule has 1 aromatic heterocycles. The first-order valence-corrected chi connectivity index (χ1v) is 10.8. The maximum atomic E-state index is 11.6. The van der Waals surface area contributed by atoms with E-state index in [1.807, 2.05) is 12.1 Å². The van der Waals surface area contributed by atoms with Crippen LogP contribution in [0.5, 0.6) is 0 Å². The molecule has 0 N–H and O–H groups in total. The van der Waals surface area contributed by atoms with Crippen molar-refractivity contribution < 1.29 is 13.4 Å². The van der Waals surface area contributed by atoms with Crippen molar-refractivity contribution >= 4 is 26.3 Å². The van der Waals surface area contributed by atoms with Crippen LogP contribution in [-0.4, -0.2) is 25.9 Å². The number of nitrogens with zero attached hydrogens (tertiary/aromatic N) is 1. The fourth-order valence-corrected chi connectivity index (χ4v) is 2.87. The summed E-state index contributed by atoms with van der Waals surface area (Å²) in [7, 11) is -1.72. The van der Waals surface area contributed by atoms with E-state index in [4.69, 9.17) is 8.61 Å². The van der Waals surface area contributed by atoms with Gasteiger partial charge in [-0.2, -0.15) is 0 Å². The lowest BCUT2D eigenvalue weighted by atomic mass is 10.2. The average Bonchev–Trinajstić information content (AvgIpc) is 2.41. The SMILES string of the molecule is CC(C)(C)[Si](C)(C)OCCCC(=O)OSc1ccccn1. The molecule has 4 nitrogen and oxygen atoms in total. The van der Waals surface area contributed by atoms with Gasteiger partial charge in [0.25, 0.3) is 0 Å². The molecule has 0 atom stereocenters. The molecule has 1 rings (SSSR count). The second-order valence-corrected chi connectivity index (χ2v) is 12.0. The minimum atomic E-state index is -1.72. The number of carbonyl (C=O) groups excluding carboxylic acids is 1. The monoisotopic (exact) mass is 327 g/mol. The van der Waals surface area contributed by atoms with E-state index in [-0.39, 0.29) is 11.0 Å². The van der Waals surface area contributed by atoms with Gasteiger partial charge in [-0.1, -0.05) is 26.8 Å². The Labute approximate surface area is 133 Å². The van der Waals surface area contributed by atoms with Crippen molar-refractivity contribution in [3.05, 3.63) is 24.4 Å². The molecular weight excluding hydrogens is 302 g/mol. The molecule has 0 aliphatic heterocycles. The van der Waals surface area contributed by atoms with E-state index in [0.717, 1.165) is 12.0 Å². The Balaban J connectivity index is 2.20. The Hall–Kier alpha value is -0.853. The van der Waals surface area contributed by atoms with Gasteiger partial charge < -0.3 is 8.61 Å². The normalized spacial score (nSPS) is 12.2. The summed E-state index contributed by atoms with van der Waals surface area (Å²) < 4.78 is 11.1. The van der Waals surface area contributed by atoms with Gasteiger partial charge in [0, 0.05) is 19.2 Å². The predicted molar refractivity (Wildman–Crippen MR) is 88.6 cm³/mol. The Morgan fingerprint density at radius 1 is 1.33 bits per heavy atom. The molecule has 0 bridgehead atoms. The maximum Gasteiger partial charge on any atom is 0.318 e. The smallest absolute Gasteiger partial charge is 0.318 e. The summed E-state index contributed by atoms with van der Waals surface area (Å²) in [4.78, 5) is 15.7. The molecule has 1 heterocycles. The number of aromatic nitrogens is 1. The first-order chi connectivity index (χ1) is 9.72. The second kappa shape index (κ2) is 7.96. The Bertz CT molecular complexity index is 446. The number of hydrogen-bond acceptors (Lipinski definition) is 5. The van der Waals surface area contributed by atoms with E-state index in [9.17, 15) is 4.79 Å². The molecule has 0 fully saturated rings. The lowest BCUT2D eigenvalue weighted by Crippen LogP contribution is -2.41. The molecule has 1 aromatic rings. The van der Waals surface area contributed by atoms with Gasteiger partial charge in [-0.3, -0.25) is 4.79 Å². The summed E-state index contributed by atoms with van der Waals surface area (Å²) in [6.45, 7) is 11.6. The van der Waals surface area contributed by atoms with Gasteiger partial charge in [-0.25, -0.2) is 4.98 Å². The van der Waals surface area contributed by atoms with Crippen LogP contribution in [0.25, 0.3) is 0 Å². The van der Waals surface area contributed by atoms with Crippen molar-refractivity contribution in [1.29, 1.82) is 0 Å². The average molecular weight is 328 g/mol. The zero-order chi connectivity index (χ0) is 15.9. The summed E-state index contributed by atoms with van der Waals surface area (Å²) in [5.74, 6) is -0.232. The van der Waals surface area contributed by atoms with Gasteiger partial charge in [-0.15, -0.1) is 0 Å². The molecule has 0 spiro atoms. The van der Waals surface area contributed by atoms with Crippen molar-refractivity contribution in [3.8, 4) is 0 Å². The topological polar surface area (TPSA) is 48.4 Å². The predicted octanol–water partition coefficient (Wildman–Crippen LogP) is 4.43. The van der Waals surface area contributed by atoms with Gasteiger partial charge in [-0.05, 0) is 36.7 Å². The number of hydrogen-bond donors (Lipinski definition) is 0. The van der Waals surface area contributed by atoms with E-state index in [1.54, 1.807) is 12.3 Å². The van der Waals surface area contributed by atoms with E-state index < -0.39 is 8.32 Å². The molecule has 0 saturated heterocycles. The van der Waals surface area contributed by atoms with E-state index in [2.05, 4.69) is 38.8 Å². The van der Waals surface area contributed by atoms with Crippen molar-refractivity contribution in [3.63, 3.8) is 0 Å². The van der Waals surface area contributed by atoms with Crippen molar-refractivity contribution in [1.82, 2.24) is 4.98 Å². The molecule has 0 aliphatic carbocycles. The fourth-order valence-electron chi connectivity index (χ4n) is 1.29. The van der Waals surface area contributed by atoms with Gasteiger partial charge in [0.15, 0.2) is 8.32 Å². The molecule has 0 radical (unpaired) electrons. The third-order valence-electron chi connectivity index (χ3n) is 3.65. The maximum absolute atomic E-state index is 11.6.